The number of benzene rings is 3. The van der Waals surface area contributed by atoms with Crippen LogP contribution >= 0.6 is 0 Å². The first kappa shape index (κ1) is 13.5. The highest BCUT2D eigenvalue weighted by Crippen LogP contribution is 2.28. The molecular formula is C19H19NO. The number of hydrogen-bond donors (Lipinski definition) is 1. The predicted octanol–water partition coefficient (Wildman–Crippen LogP) is 5.02. The molecule has 0 saturated carbocycles. The van der Waals surface area contributed by atoms with Crippen molar-refractivity contribution in [1.29, 1.82) is 0 Å². The molecule has 2 heteroatoms. The van der Waals surface area contributed by atoms with Crippen molar-refractivity contribution in [3.8, 4) is 5.75 Å². The number of anilines is 1. The highest BCUT2D eigenvalue weighted by molar-refractivity contribution is 5.83. The molecule has 1 unspecified atom stereocenters. The fraction of sp³-hybridized carbons (Fsp3) is 0.158. The van der Waals surface area contributed by atoms with Crippen LogP contribution in [0.2, 0.25) is 0 Å². The van der Waals surface area contributed by atoms with Crippen LogP contribution in [-0.2, 0) is 0 Å². The van der Waals surface area contributed by atoms with Crippen LogP contribution in [0.5, 0.6) is 5.75 Å². The summed E-state index contributed by atoms with van der Waals surface area (Å²) in [4.78, 5) is 0. The van der Waals surface area contributed by atoms with Gasteiger partial charge in [0.2, 0.25) is 0 Å². The molecule has 0 amide bonds. The van der Waals surface area contributed by atoms with Gasteiger partial charge in [0, 0.05) is 6.04 Å². The molecular weight excluding hydrogens is 258 g/mol. The molecule has 3 rings (SSSR count). The molecule has 3 aromatic rings. The zero-order valence-electron chi connectivity index (χ0n) is 12.3. The Morgan fingerprint density at radius 3 is 2.38 bits per heavy atom. The Labute approximate surface area is 125 Å². The van der Waals surface area contributed by atoms with E-state index in [9.17, 15) is 0 Å². The molecule has 0 radical (unpaired) electrons. The lowest BCUT2D eigenvalue weighted by Crippen LogP contribution is -2.07. The van der Waals surface area contributed by atoms with Crippen molar-refractivity contribution in [2.24, 2.45) is 0 Å². The van der Waals surface area contributed by atoms with E-state index in [0.29, 0.717) is 0 Å². The maximum absolute atomic E-state index is 5.39. The van der Waals surface area contributed by atoms with Crippen LogP contribution in [0, 0.1) is 0 Å². The minimum atomic E-state index is 0.214. The van der Waals surface area contributed by atoms with Crippen molar-refractivity contribution in [2.45, 2.75) is 13.0 Å². The summed E-state index contributed by atoms with van der Waals surface area (Å²) in [7, 11) is 1.70. The zero-order valence-corrected chi connectivity index (χ0v) is 12.3. The molecule has 21 heavy (non-hydrogen) atoms. The molecule has 106 valence electrons. The molecule has 1 atom stereocenters. The van der Waals surface area contributed by atoms with Gasteiger partial charge in [0.25, 0.3) is 0 Å². The third kappa shape index (κ3) is 2.84. The number of rotatable bonds is 4. The standard InChI is InChI=1S/C19H19NO/c1-14(20-18-9-5-6-10-19(18)21-2)16-12-11-15-7-3-4-8-17(15)13-16/h3-14,20H,1-2H3. The summed E-state index contributed by atoms with van der Waals surface area (Å²) < 4.78 is 5.39. The monoisotopic (exact) mass is 277 g/mol. The van der Waals surface area contributed by atoms with Gasteiger partial charge in [0.1, 0.15) is 5.75 Å². The van der Waals surface area contributed by atoms with Gasteiger partial charge in [-0.25, -0.2) is 0 Å². The second-order valence-electron chi connectivity index (χ2n) is 5.17. The van der Waals surface area contributed by atoms with E-state index in [4.69, 9.17) is 4.74 Å². The van der Waals surface area contributed by atoms with E-state index in [1.54, 1.807) is 7.11 Å². The highest BCUT2D eigenvalue weighted by atomic mass is 16.5. The Morgan fingerprint density at radius 1 is 0.857 bits per heavy atom. The van der Waals surface area contributed by atoms with E-state index in [0.717, 1.165) is 11.4 Å². The van der Waals surface area contributed by atoms with Crippen LogP contribution in [0.3, 0.4) is 0 Å². The molecule has 0 aliphatic rings. The molecule has 0 fully saturated rings. The van der Waals surface area contributed by atoms with Gasteiger partial charge in [-0.1, -0.05) is 48.5 Å². The molecule has 3 aromatic carbocycles. The van der Waals surface area contributed by atoms with Gasteiger partial charge in [-0.3, -0.25) is 0 Å². The predicted molar refractivity (Wildman–Crippen MR) is 89.0 cm³/mol. The first-order valence-corrected chi connectivity index (χ1v) is 7.16. The fourth-order valence-corrected chi connectivity index (χ4v) is 2.56. The molecule has 2 nitrogen and oxygen atoms in total. The van der Waals surface area contributed by atoms with Gasteiger partial charge in [0.15, 0.2) is 0 Å². The van der Waals surface area contributed by atoms with Crippen LogP contribution < -0.4 is 10.1 Å². The molecule has 0 aromatic heterocycles. The Hall–Kier alpha value is -2.48. The quantitative estimate of drug-likeness (QED) is 0.723. The van der Waals surface area contributed by atoms with E-state index in [1.165, 1.54) is 16.3 Å². The average molecular weight is 277 g/mol. The van der Waals surface area contributed by atoms with Crippen molar-refractivity contribution < 1.29 is 4.74 Å². The summed E-state index contributed by atoms with van der Waals surface area (Å²) in [6.45, 7) is 2.16. The zero-order chi connectivity index (χ0) is 14.7. The van der Waals surface area contributed by atoms with Crippen LogP contribution in [0.4, 0.5) is 5.69 Å². The Morgan fingerprint density at radius 2 is 1.57 bits per heavy atom. The number of methoxy groups -OCH3 is 1. The van der Waals surface area contributed by atoms with Crippen LogP contribution in [0.25, 0.3) is 10.8 Å². The van der Waals surface area contributed by atoms with Gasteiger partial charge >= 0.3 is 0 Å². The van der Waals surface area contributed by atoms with E-state index in [2.05, 4.69) is 54.7 Å². The second-order valence-corrected chi connectivity index (χ2v) is 5.17. The third-order valence-electron chi connectivity index (χ3n) is 3.75. The Bertz CT molecular complexity index is 751. The molecule has 0 heterocycles. The van der Waals surface area contributed by atoms with Crippen molar-refractivity contribution in [3.63, 3.8) is 0 Å². The lowest BCUT2D eigenvalue weighted by molar-refractivity contribution is 0.416. The largest absolute Gasteiger partial charge is 0.495 e. The van der Waals surface area contributed by atoms with Gasteiger partial charge in [-0.05, 0) is 41.5 Å². The second kappa shape index (κ2) is 5.88. The summed E-state index contributed by atoms with van der Waals surface area (Å²) >= 11 is 0. The molecule has 0 spiro atoms. The van der Waals surface area contributed by atoms with Crippen molar-refractivity contribution in [3.05, 3.63) is 72.3 Å². The summed E-state index contributed by atoms with van der Waals surface area (Å²) in [5.74, 6) is 0.866. The number of nitrogens with one attached hydrogen (secondary N) is 1. The number of ether oxygens (including phenoxy) is 1. The minimum absolute atomic E-state index is 0.214. The molecule has 0 bridgehead atoms. The van der Waals surface area contributed by atoms with E-state index < -0.39 is 0 Å². The summed E-state index contributed by atoms with van der Waals surface area (Å²) in [6.07, 6.45) is 0. The summed E-state index contributed by atoms with van der Waals surface area (Å²) in [5, 5.41) is 6.05. The topological polar surface area (TPSA) is 21.3 Å². The number of para-hydroxylation sites is 2. The lowest BCUT2D eigenvalue weighted by atomic mass is 10.0. The van der Waals surface area contributed by atoms with Gasteiger partial charge < -0.3 is 10.1 Å². The van der Waals surface area contributed by atoms with Gasteiger partial charge in [-0.2, -0.15) is 0 Å². The summed E-state index contributed by atoms with van der Waals surface area (Å²) in [6, 6.07) is 23.2. The maximum atomic E-state index is 5.39. The van der Waals surface area contributed by atoms with E-state index >= 15 is 0 Å². The fourth-order valence-electron chi connectivity index (χ4n) is 2.56. The van der Waals surface area contributed by atoms with Crippen molar-refractivity contribution >= 4 is 16.5 Å². The highest BCUT2D eigenvalue weighted by Gasteiger charge is 2.09. The Kier molecular flexibility index (Phi) is 3.78. The van der Waals surface area contributed by atoms with E-state index in [-0.39, 0.29) is 6.04 Å². The maximum Gasteiger partial charge on any atom is 0.141 e. The normalized spacial score (nSPS) is 12.1. The van der Waals surface area contributed by atoms with Crippen LogP contribution in [0.15, 0.2) is 66.7 Å². The first-order valence-electron chi connectivity index (χ1n) is 7.16. The first-order chi connectivity index (χ1) is 10.3. The molecule has 0 aliphatic carbocycles. The SMILES string of the molecule is COc1ccccc1NC(C)c1ccc2ccccc2c1. The van der Waals surface area contributed by atoms with Crippen molar-refractivity contribution in [2.75, 3.05) is 12.4 Å². The third-order valence-corrected chi connectivity index (χ3v) is 3.75. The van der Waals surface area contributed by atoms with Crippen LogP contribution in [-0.4, -0.2) is 7.11 Å². The van der Waals surface area contributed by atoms with Gasteiger partial charge in [-0.15, -0.1) is 0 Å². The number of hydrogen-bond acceptors (Lipinski definition) is 2. The van der Waals surface area contributed by atoms with Gasteiger partial charge in [0.05, 0.1) is 12.8 Å². The van der Waals surface area contributed by atoms with E-state index in [1.807, 2.05) is 24.3 Å². The summed E-state index contributed by atoms with van der Waals surface area (Å²) in [5.41, 5.74) is 2.28. The van der Waals surface area contributed by atoms with Crippen molar-refractivity contribution in [1.82, 2.24) is 0 Å². The average Bonchev–Trinajstić information content (AvgIpc) is 2.55. The molecule has 0 aliphatic heterocycles. The Balaban J connectivity index is 1.88. The minimum Gasteiger partial charge on any atom is -0.495 e. The lowest BCUT2D eigenvalue weighted by Gasteiger charge is -2.18. The molecule has 0 saturated heterocycles. The van der Waals surface area contributed by atoms with Crippen LogP contribution in [0.1, 0.15) is 18.5 Å². The number of fused-ring (bicyclic) bond motifs is 1. The molecule has 1 N–H and O–H groups in total. The smallest absolute Gasteiger partial charge is 0.141 e.